The van der Waals surface area contributed by atoms with Crippen LogP contribution in [0.2, 0.25) is 0 Å². The number of carboxylic acid groups (broad SMARTS) is 1. The van der Waals surface area contributed by atoms with E-state index in [1.165, 1.54) is 44.1 Å². The molecule has 1 aromatic carbocycles. The van der Waals surface area contributed by atoms with E-state index in [0.29, 0.717) is 5.92 Å². The Bertz CT molecular complexity index is 638. The SMILES string of the molecule is CCCCCC[C@H](CCCNN1CCC[C@H]1C(=O)NCCC(=O)O)Cc1ccccc1. The van der Waals surface area contributed by atoms with Gasteiger partial charge >= 0.3 is 5.97 Å². The minimum Gasteiger partial charge on any atom is -0.481 e. The molecular weight excluding hydrogens is 390 g/mol. The van der Waals surface area contributed by atoms with Crippen molar-refractivity contribution in [1.82, 2.24) is 15.8 Å². The Morgan fingerprint density at radius 3 is 2.61 bits per heavy atom. The molecular formula is C25H41N3O3. The second-order valence-electron chi connectivity index (χ2n) is 8.74. The maximum Gasteiger partial charge on any atom is 0.305 e. The van der Waals surface area contributed by atoms with Crippen molar-refractivity contribution < 1.29 is 14.7 Å². The molecule has 1 fully saturated rings. The van der Waals surface area contributed by atoms with E-state index in [9.17, 15) is 9.59 Å². The molecule has 0 bridgehead atoms. The van der Waals surface area contributed by atoms with Gasteiger partial charge in [-0.15, -0.1) is 0 Å². The van der Waals surface area contributed by atoms with Gasteiger partial charge in [0.1, 0.15) is 6.04 Å². The molecule has 0 unspecified atom stereocenters. The molecule has 6 nitrogen and oxygen atoms in total. The summed E-state index contributed by atoms with van der Waals surface area (Å²) in [6.45, 7) is 4.18. The van der Waals surface area contributed by atoms with Gasteiger partial charge < -0.3 is 10.4 Å². The third kappa shape index (κ3) is 10.3. The summed E-state index contributed by atoms with van der Waals surface area (Å²) in [6, 6.07) is 10.6. The van der Waals surface area contributed by atoms with Crippen LogP contribution in [-0.4, -0.2) is 47.7 Å². The molecule has 1 aliphatic rings. The maximum atomic E-state index is 12.4. The third-order valence-electron chi connectivity index (χ3n) is 6.13. The summed E-state index contributed by atoms with van der Waals surface area (Å²) >= 11 is 0. The van der Waals surface area contributed by atoms with Gasteiger partial charge in [-0.1, -0.05) is 69.4 Å². The van der Waals surface area contributed by atoms with E-state index in [0.717, 1.165) is 38.8 Å². The third-order valence-corrected chi connectivity index (χ3v) is 6.13. The Hall–Kier alpha value is -1.92. The van der Waals surface area contributed by atoms with Gasteiger partial charge in [0.2, 0.25) is 5.91 Å². The van der Waals surface area contributed by atoms with Gasteiger partial charge in [0.05, 0.1) is 6.42 Å². The predicted octanol–water partition coefficient (Wildman–Crippen LogP) is 4.16. The van der Waals surface area contributed by atoms with Crippen molar-refractivity contribution in [2.45, 2.75) is 83.6 Å². The van der Waals surface area contributed by atoms with E-state index in [-0.39, 0.29) is 24.9 Å². The van der Waals surface area contributed by atoms with Crippen molar-refractivity contribution in [2.75, 3.05) is 19.6 Å². The van der Waals surface area contributed by atoms with Crippen molar-refractivity contribution in [2.24, 2.45) is 5.92 Å². The number of hydrogen-bond donors (Lipinski definition) is 3. The summed E-state index contributed by atoms with van der Waals surface area (Å²) in [5.74, 6) is -0.250. The van der Waals surface area contributed by atoms with Gasteiger partial charge in [0.25, 0.3) is 0 Å². The summed E-state index contributed by atoms with van der Waals surface area (Å²) in [5.41, 5.74) is 4.89. The smallest absolute Gasteiger partial charge is 0.305 e. The summed E-state index contributed by atoms with van der Waals surface area (Å²) in [5, 5.41) is 13.5. The lowest BCUT2D eigenvalue weighted by molar-refractivity contribution is -0.137. The number of hydrogen-bond acceptors (Lipinski definition) is 4. The number of rotatable bonds is 16. The molecule has 1 saturated heterocycles. The predicted molar refractivity (Wildman–Crippen MR) is 125 cm³/mol. The molecule has 0 saturated carbocycles. The fourth-order valence-corrected chi connectivity index (χ4v) is 4.41. The number of unbranched alkanes of at least 4 members (excludes halogenated alkanes) is 3. The van der Waals surface area contributed by atoms with Crippen LogP contribution in [0.4, 0.5) is 0 Å². The lowest BCUT2D eigenvalue weighted by Gasteiger charge is -2.25. The molecule has 2 rings (SSSR count). The number of amides is 1. The molecule has 174 valence electrons. The Morgan fingerprint density at radius 2 is 1.87 bits per heavy atom. The van der Waals surface area contributed by atoms with Crippen LogP contribution >= 0.6 is 0 Å². The summed E-state index contributed by atoms with van der Waals surface area (Å²) in [4.78, 5) is 23.0. The fraction of sp³-hybridized carbons (Fsp3) is 0.680. The Morgan fingerprint density at radius 1 is 1.10 bits per heavy atom. The lowest BCUT2D eigenvalue weighted by atomic mass is 9.90. The molecule has 0 aromatic heterocycles. The summed E-state index contributed by atoms with van der Waals surface area (Å²) in [6.07, 6.45) is 11.7. The highest BCUT2D eigenvalue weighted by Gasteiger charge is 2.30. The van der Waals surface area contributed by atoms with E-state index in [1.54, 1.807) is 0 Å². The fourth-order valence-electron chi connectivity index (χ4n) is 4.41. The quantitative estimate of drug-likeness (QED) is 0.343. The molecule has 1 heterocycles. The molecule has 31 heavy (non-hydrogen) atoms. The monoisotopic (exact) mass is 431 g/mol. The van der Waals surface area contributed by atoms with E-state index in [2.05, 4.69) is 48.0 Å². The zero-order valence-corrected chi connectivity index (χ0v) is 19.2. The van der Waals surface area contributed by atoms with Gasteiger partial charge in [-0.25, -0.2) is 5.01 Å². The zero-order valence-electron chi connectivity index (χ0n) is 19.2. The first-order chi connectivity index (χ1) is 15.1. The van der Waals surface area contributed by atoms with Gasteiger partial charge in [-0.3, -0.25) is 15.0 Å². The number of hydrazine groups is 1. The summed E-state index contributed by atoms with van der Waals surface area (Å²) < 4.78 is 0. The van der Waals surface area contributed by atoms with Crippen molar-refractivity contribution in [3.63, 3.8) is 0 Å². The average Bonchev–Trinajstić information content (AvgIpc) is 3.23. The number of benzene rings is 1. The van der Waals surface area contributed by atoms with Crippen LogP contribution in [-0.2, 0) is 16.0 Å². The molecule has 0 aliphatic carbocycles. The van der Waals surface area contributed by atoms with Crippen molar-refractivity contribution in [1.29, 1.82) is 0 Å². The van der Waals surface area contributed by atoms with E-state index in [4.69, 9.17) is 5.11 Å². The lowest BCUT2D eigenvalue weighted by Crippen LogP contribution is -2.50. The average molecular weight is 432 g/mol. The minimum absolute atomic E-state index is 0.0348. The second kappa shape index (κ2) is 15.0. The molecule has 3 N–H and O–H groups in total. The highest BCUT2D eigenvalue weighted by molar-refractivity contribution is 5.82. The Kier molecular flexibility index (Phi) is 12.2. The maximum absolute atomic E-state index is 12.4. The van der Waals surface area contributed by atoms with Crippen molar-refractivity contribution in [3.8, 4) is 0 Å². The zero-order chi connectivity index (χ0) is 22.3. The normalized spacial score (nSPS) is 17.5. The number of aliphatic carboxylic acids is 1. The highest BCUT2D eigenvalue weighted by Crippen LogP contribution is 2.21. The first-order valence-electron chi connectivity index (χ1n) is 12.1. The summed E-state index contributed by atoms with van der Waals surface area (Å²) in [7, 11) is 0. The van der Waals surface area contributed by atoms with Crippen LogP contribution in [0.15, 0.2) is 30.3 Å². The van der Waals surface area contributed by atoms with E-state index >= 15 is 0 Å². The van der Waals surface area contributed by atoms with Gasteiger partial charge in [0, 0.05) is 19.6 Å². The van der Waals surface area contributed by atoms with Crippen molar-refractivity contribution in [3.05, 3.63) is 35.9 Å². The van der Waals surface area contributed by atoms with Crippen LogP contribution in [0, 0.1) is 5.92 Å². The molecule has 0 spiro atoms. The molecule has 0 radical (unpaired) electrons. The van der Waals surface area contributed by atoms with Crippen molar-refractivity contribution >= 4 is 11.9 Å². The number of carboxylic acids is 1. The molecule has 1 amide bonds. The van der Waals surface area contributed by atoms with Gasteiger partial charge in [0.15, 0.2) is 0 Å². The Balaban J connectivity index is 1.73. The topological polar surface area (TPSA) is 81.7 Å². The van der Waals surface area contributed by atoms with Crippen LogP contribution in [0.25, 0.3) is 0 Å². The molecule has 1 aliphatic heterocycles. The van der Waals surface area contributed by atoms with E-state index < -0.39 is 5.97 Å². The highest BCUT2D eigenvalue weighted by atomic mass is 16.4. The first-order valence-corrected chi connectivity index (χ1v) is 12.1. The van der Waals surface area contributed by atoms with Gasteiger partial charge in [-0.05, 0) is 43.6 Å². The number of carbonyl (C=O) groups is 2. The number of nitrogens with one attached hydrogen (secondary N) is 2. The van der Waals surface area contributed by atoms with E-state index in [1.807, 2.05) is 5.01 Å². The Labute approximate surface area is 187 Å². The van der Waals surface area contributed by atoms with Crippen LogP contribution < -0.4 is 10.7 Å². The number of carbonyl (C=O) groups excluding carboxylic acids is 1. The van der Waals surface area contributed by atoms with Crippen LogP contribution in [0.3, 0.4) is 0 Å². The molecule has 6 heteroatoms. The minimum atomic E-state index is -0.888. The van der Waals surface area contributed by atoms with Crippen LogP contribution in [0.1, 0.15) is 76.7 Å². The van der Waals surface area contributed by atoms with Gasteiger partial charge in [-0.2, -0.15) is 0 Å². The second-order valence-corrected chi connectivity index (χ2v) is 8.74. The number of nitrogens with zero attached hydrogens (tertiary/aromatic N) is 1. The van der Waals surface area contributed by atoms with Crippen LogP contribution in [0.5, 0.6) is 0 Å². The standard InChI is InChI=1S/C25H41N3O3/c1-2-3-4-6-11-22(20-21-12-7-5-8-13-21)14-9-17-27-28-19-10-15-23(28)25(31)26-18-16-24(29)30/h5,7-8,12-13,22-23,27H,2-4,6,9-11,14-20H2,1H3,(H,26,31)(H,29,30)/t22-,23+/m1/s1. The largest absolute Gasteiger partial charge is 0.481 e. The first kappa shape index (κ1) is 25.3. The molecule has 2 atom stereocenters. The molecule has 1 aromatic rings.